The van der Waals surface area contributed by atoms with Crippen LogP contribution in [0.2, 0.25) is 0 Å². The number of aromatic nitrogens is 1. The van der Waals surface area contributed by atoms with Gasteiger partial charge in [0, 0.05) is 43.7 Å². The molecular weight excluding hydrogens is 453 g/mol. The van der Waals surface area contributed by atoms with Gasteiger partial charge in [-0.2, -0.15) is 0 Å². The van der Waals surface area contributed by atoms with E-state index in [2.05, 4.69) is 33.0 Å². The highest BCUT2D eigenvalue weighted by molar-refractivity contribution is 7.12. The highest BCUT2D eigenvalue weighted by atomic mass is 32.1. The lowest BCUT2D eigenvalue weighted by Crippen LogP contribution is -2.44. The number of fused-ring (bicyclic) bond motifs is 1. The molecule has 1 amide bonds. The molecule has 1 fully saturated rings. The Morgan fingerprint density at radius 3 is 2.67 bits per heavy atom. The fourth-order valence-corrected chi connectivity index (χ4v) is 4.60. The lowest BCUT2D eigenvalue weighted by molar-refractivity contribution is -0.273. The number of thiophene rings is 1. The fraction of sp³-hybridized carbons (Fsp3) is 0.391. The first kappa shape index (κ1) is 23.3. The standard InChI is InChI=1S/C23H25F3N4O2S/c1-15-11-20(30-9-7-29(2)8-10-30)28-19-5-4-17(13-18(15)19)27-21(31)6-3-16-12-22(33-14-16)32-23(24,25)26/h4-5,11-14H,3,6-10H2,1-2H3,(H,27,31). The number of halogens is 3. The van der Waals surface area contributed by atoms with Gasteiger partial charge in [-0.05, 0) is 67.2 Å². The van der Waals surface area contributed by atoms with E-state index in [1.54, 1.807) is 5.38 Å². The molecule has 1 saturated heterocycles. The number of aryl methyl sites for hydroxylation is 2. The monoisotopic (exact) mass is 478 g/mol. The highest BCUT2D eigenvalue weighted by Gasteiger charge is 2.31. The SMILES string of the molecule is Cc1cc(N2CCN(C)CC2)nc2ccc(NC(=O)CCc3csc(OC(F)(F)F)c3)cc12. The number of hydrogen-bond acceptors (Lipinski definition) is 6. The second-order valence-electron chi connectivity index (χ2n) is 8.19. The third-order valence-corrected chi connectivity index (χ3v) is 6.45. The Bertz CT molecular complexity index is 1140. The Balaban J connectivity index is 1.38. The minimum Gasteiger partial charge on any atom is -0.396 e. The summed E-state index contributed by atoms with van der Waals surface area (Å²) in [6.07, 6.45) is -4.24. The van der Waals surface area contributed by atoms with Crippen molar-refractivity contribution in [2.75, 3.05) is 43.4 Å². The maximum atomic E-state index is 12.4. The summed E-state index contributed by atoms with van der Waals surface area (Å²) in [6.45, 7) is 5.93. The molecule has 3 heterocycles. The Morgan fingerprint density at radius 1 is 1.18 bits per heavy atom. The van der Waals surface area contributed by atoms with Gasteiger partial charge >= 0.3 is 6.36 Å². The van der Waals surface area contributed by atoms with Gasteiger partial charge in [0.2, 0.25) is 5.91 Å². The number of nitrogens with one attached hydrogen (secondary N) is 1. The molecule has 4 rings (SSSR count). The Labute approximate surface area is 194 Å². The first-order chi connectivity index (χ1) is 15.7. The predicted octanol–water partition coefficient (Wildman–Crippen LogP) is 4.83. The molecule has 33 heavy (non-hydrogen) atoms. The molecule has 0 bridgehead atoms. The molecule has 2 aromatic heterocycles. The van der Waals surface area contributed by atoms with Crippen LogP contribution in [0.5, 0.6) is 5.06 Å². The van der Waals surface area contributed by atoms with Crippen molar-refractivity contribution in [3.05, 3.63) is 46.8 Å². The number of amides is 1. The van der Waals surface area contributed by atoms with Gasteiger partial charge in [-0.15, -0.1) is 24.5 Å². The van der Waals surface area contributed by atoms with Gasteiger partial charge in [0.25, 0.3) is 0 Å². The Morgan fingerprint density at radius 2 is 1.94 bits per heavy atom. The maximum Gasteiger partial charge on any atom is 0.573 e. The van der Waals surface area contributed by atoms with Crippen molar-refractivity contribution < 1.29 is 22.7 Å². The van der Waals surface area contributed by atoms with Crippen molar-refractivity contribution in [2.45, 2.75) is 26.1 Å². The van der Waals surface area contributed by atoms with Crippen LogP contribution in [0.4, 0.5) is 24.7 Å². The van der Waals surface area contributed by atoms with Crippen LogP contribution < -0.4 is 15.0 Å². The summed E-state index contributed by atoms with van der Waals surface area (Å²) in [5.74, 6) is 0.757. The molecule has 6 nitrogen and oxygen atoms in total. The zero-order valence-corrected chi connectivity index (χ0v) is 19.2. The number of carbonyl (C=O) groups is 1. The van der Waals surface area contributed by atoms with Crippen LogP contribution in [0, 0.1) is 6.92 Å². The third-order valence-electron chi connectivity index (χ3n) is 5.60. The number of likely N-dealkylation sites (N-methyl/N-ethyl adjacent to an activating group) is 1. The number of benzene rings is 1. The summed E-state index contributed by atoms with van der Waals surface area (Å²) in [7, 11) is 2.12. The van der Waals surface area contributed by atoms with Gasteiger partial charge in [-0.3, -0.25) is 4.79 Å². The van der Waals surface area contributed by atoms with Crippen molar-refractivity contribution >= 4 is 39.7 Å². The van der Waals surface area contributed by atoms with Crippen molar-refractivity contribution in [2.24, 2.45) is 0 Å². The van der Waals surface area contributed by atoms with Crippen LogP contribution in [-0.4, -0.2) is 55.4 Å². The number of anilines is 2. The molecule has 1 N–H and O–H groups in total. The van der Waals surface area contributed by atoms with E-state index in [-0.39, 0.29) is 17.4 Å². The summed E-state index contributed by atoms with van der Waals surface area (Å²) in [5.41, 5.74) is 3.25. The summed E-state index contributed by atoms with van der Waals surface area (Å²) >= 11 is 0.860. The predicted molar refractivity (Wildman–Crippen MR) is 124 cm³/mol. The van der Waals surface area contributed by atoms with Crippen LogP contribution in [-0.2, 0) is 11.2 Å². The molecule has 0 radical (unpaired) electrons. The lowest BCUT2D eigenvalue weighted by atomic mass is 10.1. The van der Waals surface area contributed by atoms with E-state index in [9.17, 15) is 18.0 Å². The summed E-state index contributed by atoms with van der Waals surface area (Å²) < 4.78 is 40.8. The summed E-state index contributed by atoms with van der Waals surface area (Å²) in [5, 5.41) is 5.18. The Hall–Kier alpha value is -2.85. The minimum atomic E-state index is -4.71. The molecule has 1 aromatic carbocycles. The fourth-order valence-electron chi connectivity index (χ4n) is 3.78. The average Bonchev–Trinajstić information content (AvgIpc) is 3.18. The molecule has 10 heteroatoms. The van der Waals surface area contributed by atoms with Gasteiger partial charge in [-0.25, -0.2) is 4.98 Å². The van der Waals surface area contributed by atoms with Crippen LogP contribution in [0.15, 0.2) is 35.7 Å². The third kappa shape index (κ3) is 6.14. The molecule has 0 spiro atoms. The number of alkyl halides is 3. The van der Waals surface area contributed by atoms with Gasteiger partial charge < -0.3 is 19.9 Å². The molecule has 1 aliphatic rings. The quantitative estimate of drug-likeness (QED) is 0.550. The number of piperazine rings is 1. The number of carbonyl (C=O) groups excluding carboxylic acids is 1. The number of ether oxygens (including phenoxy) is 1. The van der Waals surface area contributed by atoms with Crippen molar-refractivity contribution in [1.82, 2.24) is 9.88 Å². The van der Waals surface area contributed by atoms with E-state index in [4.69, 9.17) is 4.98 Å². The van der Waals surface area contributed by atoms with Crippen molar-refractivity contribution in [1.29, 1.82) is 0 Å². The molecule has 0 aliphatic carbocycles. The largest absolute Gasteiger partial charge is 0.573 e. The molecule has 1 aliphatic heterocycles. The van der Waals surface area contributed by atoms with Crippen LogP contribution >= 0.6 is 11.3 Å². The van der Waals surface area contributed by atoms with Crippen LogP contribution in [0.25, 0.3) is 10.9 Å². The van der Waals surface area contributed by atoms with Crippen LogP contribution in [0.1, 0.15) is 17.5 Å². The number of hydrogen-bond donors (Lipinski definition) is 1. The highest BCUT2D eigenvalue weighted by Crippen LogP contribution is 2.30. The van der Waals surface area contributed by atoms with Gasteiger partial charge in [-0.1, -0.05) is 0 Å². The van der Waals surface area contributed by atoms with Crippen molar-refractivity contribution in [3.8, 4) is 5.06 Å². The first-order valence-electron chi connectivity index (χ1n) is 10.6. The second kappa shape index (κ2) is 9.56. The minimum absolute atomic E-state index is 0.153. The Kier molecular flexibility index (Phi) is 6.76. The van der Waals surface area contributed by atoms with E-state index < -0.39 is 6.36 Å². The zero-order valence-electron chi connectivity index (χ0n) is 18.4. The topological polar surface area (TPSA) is 57.7 Å². The van der Waals surface area contributed by atoms with E-state index in [1.807, 2.05) is 25.1 Å². The summed E-state index contributed by atoms with van der Waals surface area (Å²) in [6, 6.07) is 9.02. The lowest BCUT2D eigenvalue weighted by Gasteiger charge is -2.33. The van der Waals surface area contributed by atoms with E-state index in [1.165, 1.54) is 6.07 Å². The molecule has 176 valence electrons. The van der Waals surface area contributed by atoms with E-state index in [0.717, 1.165) is 59.8 Å². The maximum absolute atomic E-state index is 12.4. The van der Waals surface area contributed by atoms with Gasteiger partial charge in [0.05, 0.1) is 5.52 Å². The number of pyridine rings is 1. The number of rotatable bonds is 6. The van der Waals surface area contributed by atoms with E-state index >= 15 is 0 Å². The normalized spacial score (nSPS) is 15.1. The average molecular weight is 479 g/mol. The van der Waals surface area contributed by atoms with E-state index in [0.29, 0.717) is 17.7 Å². The zero-order chi connectivity index (χ0) is 23.6. The number of nitrogens with zero attached hydrogens (tertiary/aromatic N) is 3. The smallest absolute Gasteiger partial charge is 0.396 e. The van der Waals surface area contributed by atoms with Crippen LogP contribution in [0.3, 0.4) is 0 Å². The van der Waals surface area contributed by atoms with Gasteiger partial charge in [0.15, 0.2) is 5.06 Å². The molecule has 0 saturated carbocycles. The molecule has 0 unspecified atom stereocenters. The first-order valence-corrected chi connectivity index (χ1v) is 11.5. The molecule has 0 atom stereocenters. The van der Waals surface area contributed by atoms with Gasteiger partial charge in [0.1, 0.15) is 5.82 Å². The molecular formula is C23H25F3N4O2S. The molecule has 3 aromatic rings. The second-order valence-corrected chi connectivity index (χ2v) is 9.06. The van der Waals surface area contributed by atoms with Crippen molar-refractivity contribution in [3.63, 3.8) is 0 Å². The summed E-state index contributed by atoms with van der Waals surface area (Å²) in [4.78, 5) is 21.8.